The zero-order valence-electron chi connectivity index (χ0n) is 11.6. The molecule has 5 nitrogen and oxygen atoms in total. The lowest BCUT2D eigenvalue weighted by Crippen LogP contribution is -2.50. The first-order valence-electron chi connectivity index (χ1n) is 6.07. The van der Waals surface area contributed by atoms with Crippen molar-refractivity contribution in [1.29, 1.82) is 0 Å². The summed E-state index contributed by atoms with van der Waals surface area (Å²) in [6, 6.07) is 6.83. The van der Waals surface area contributed by atoms with E-state index < -0.39 is 17.0 Å². The molecule has 0 fully saturated rings. The van der Waals surface area contributed by atoms with Crippen LogP contribution in [0.2, 0.25) is 5.02 Å². The van der Waals surface area contributed by atoms with Crippen molar-refractivity contribution in [3.05, 3.63) is 34.9 Å². The number of aliphatic hydroxyl groups is 1. The molecule has 1 atom stereocenters. The van der Waals surface area contributed by atoms with Gasteiger partial charge in [0.25, 0.3) is 0 Å². The zero-order chi connectivity index (χ0) is 15.6. The van der Waals surface area contributed by atoms with Crippen molar-refractivity contribution in [2.24, 2.45) is 0 Å². The van der Waals surface area contributed by atoms with E-state index in [0.29, 0.717) is 5.02 Å². The molecule has 6 heteroatoms. The summed E-state index contributed by atoms with van der Waals surface area (Å²) in [4.78, 5) is 22.9. The average molecular weight is 300 g/mol. The largest absolute Gasteiger partial charge is 0.479 e. The summed E-state index contributed by atoms with van der Waals surface area (Å²) in [5.74, 6) is -1.76. The first-order chi connectivity index (χ1) is 9.07. The van der Waals surface area contributed by atoms with Gasteiger partial charge in [0, 0.05) is 5.02 Å². The van der Waals surface area contributed by atoms with Crippen LogP contribution in [0.5, 0.6) is 0 Å². The van der Waals surface area contributed by atoms with E-state index in [1.54, 1.807) is 38.1 Å². The molecule has 0 aliphatic heterocycles. The normalized spacial score (nSPS) is 14.4. The second-order valence-electron chi connectivity index (χ2n) is 5.39. The number of carboxylic acids is 1. The fourth-order valence-corrected chi connectivity index (χ4v) is 1.67. The molecule has 0 saturated heterocycles. The van der Waals surface area contributed by atoms with Gasteiger partial charge in [0.05, 0.1) is 12.0 Å². The molecule has 0 saturated carbocycles. The van der Waals surface area contributed by atoms with Gasteiger partial charge in [0.15, 0.2) is 5.60 Å². The Morgan fingerprint density at radius 3 is 2.15 bits per heavy atom. The van der Waals surface area contributed by atoms with Crippen molar-refractivity contribution in [1.82, 2.24) is 5.32 Å². The SMILES string of the molecule is CC(O)(CNC(=O)C(C)(C)c1ccc(Cl)cc1)C(=O)O. The van der Waals surface area contributed by atoms with Crippen molar-refractivity contribution in [2.75, 3.05) is 6.54 Å². The Bertz CT molecular complexity index is 508. The van der Waals surface area contributed by atoms with Crippen molar-refractivity contribution >= 4 is 23.5 Å². The molecule has 110 valence electrons. The van der Waals surface area contributed by atoms with Crippen molar-refractivity contribution in [3.8, 4) is 0 Å². The van der Waals surface area contributed by atoms with Crippen LogP contribution in [-0.2, 0) is 15.0 Å². The number of benzene rings is 1. The van der Waals surface area contributed by atoms with Crippen molar-refractivity contribution in [2.45, 2.75) is 31.8 Å². The molecule has 1 amide bonds. The van der Waals surface area contributed by atoms with Crippen LogP contribution in [0.15, 0.2) is 24.3 Å². The smallest absolute Gasteiger partial charge is 0.337 e. The number of aliphatic carboxylic acids is 1. The number of carbonyl (C=O) groups is 2. The van der Waals surface area contributed by atoms with Gasteiger partial charge in [-0.25, -0.2) is 4.79 Å². The highest BCUT2D eigenvalue weighted by atomic mass is 35.5. The van der Waals surface area contributed by atoms with E-state index in [9.17, 15) is 14.7 Å². The molecular weight excluding hydrogens is 282 g/mol. The summed E-state index contributed by atoms with van der Waals surface area (Å²) in [7, 11) is 0. The minimum Gasteiger partial charge on any atom is -0.479 e. The summed E-state index contributed by atoms with van der Waals surface area (Å²) < 4.78 is 0. The van der Waals surface area contributed by atoms with Crippen LogP contribution in [0.25, 0.3) is 0 Å². The van der Waals surface area contributed by atoms with E-state index in [0.717, 1.165) is 12.5 Å². The van der Waals surface area contributed by atoms with Crippen LogP contribution < -0.4 is 5.32 Å². The number of carbonyl (C=O) groups excluding carboxylic acids is 1. The van der Waals surface area contributed by atoms with Crippen LogP contribution in [0, 0.1) is 0 Å². The number of nitrogens with one attached hydrogen (secondary N) is 1. The van der Waals surface area contributed by atoms with Gasteiger partial charge >= 0.3 is 5.97 Å². The summed E-state index contributed by atoms with van der Waals surface area (Å²) >= 11 is 5.80. The fraction of sp³-hybridized carbons (Fsp3) is 0.429. The molecule has 0 radical (unpaired) electrons. The maximum Gasteiger partial charge on any atom is 0.337 e. The van der Waals surface area contributed by atoms with Crippen LogP contribution in [-0.4, -0.2) is 34.2 Å². The Hall–Kier alpha value is -1.59. The minimum absolute atomic E-state index is 0.363. The minimum atomic E-state index is -1.99. The second kappa shape index (κ2) is 5.81. The Balaban J connectivity index is 2.80. The van der Waals surface area contributed by atoms with Gasteiger partial charge in [-0.2, -0.15) is 0 Å². The molecule has 1 aromatic carbocycles. The Kier molecular flexibility index (Phi) is 4.78. The Morgan fingerprint density at radius 1 is 1.20 bits per heavy atom. The Morgan fingerprint density at radius 2 is 1.70 bits per heavy atom. The van der Waals surface area contributed by atoms with Gasteiger partial charge in [-0.05, 0) is 38.5 Å². The van der Waals surface area contributed by atoms with Crippen LogP contribution in [0.4, 0.5) is 0 Å². The molecule has 0 aromatic heterocycles. The van der Waals surface area contributed by atoms with E-state index in [4.69, 9.17) is 16.7 Å². The number of rotatable bonds is 5. The summed E-state index contributed by atoms with van der Waals surface area (Å²) in [5.41, 5.74) is -2.11. The third-order valence-corrected chi connectivity index (χ3v) is 3.44. The quantitative estimate of drug-likeness (QED) is 0.770. The molecule has 1 rings (SSSR count). The van der Waals surface area contributed by atoms with Gasteiger partial charge in [-0.15, -0.1) is 0 Å². The third kappa shape index (κ3) is 3.71. The summed E-state index contributed by atoms with van der Waals surface area (Å²) in [6.07, 6.45) is 0. The first-order valence-corrected chi connectivity index (χ1v) is 6.45. The van der Waals surface area contributed by atoms with Crippen molar-refractivity contribution in [3.63, 3.8) is 0 Å². The predicted octanol–water partition coefficient (Wildman–Crippen LogP) is 1.57. The average Bonchev–Trinajstić information content (AvgIpc) is 2.36. The lowest BCUT2D eigenvalue weighted by Gasteiger charge is -2.26. The molecule has 0 aliphatic carbocycles. The molecule has 0 heterocycles. The van der Waals surface area contributed by atoms with E-state index in [1.165, 1.54) is 0 Å². The number of hydrogen-bond donors (Lipinski definition) is 3. The van der Waals surface area contributed by atoms with Gasteiger partial charge in [-0.3, -0.25) is 4.79 Å². The monoisotopic (exact) mass is 299 g/mol. The van der Waals surface area contributed by atoms with E-state index in [2.05, 4.69) is 5.32 Å². The second-order valence-corrected chi connectivity index (χ2v) is 5.83. The third-order valence-electron chi connectivity index (χ3n) is 3.19. The molecule has 0 bridgehead atoms. The molecule has 0 aliphatic rings. The number of amides is 1. The van der Waals surface area contributed by atoms with E-state index in [-0.39, 0.29) is 12.5 Å². The highest BCUT2D eigenvalue weighted by Gasteiger charge is 2.34. The highest BCUT2D eigenvalue weighted by Crippen LogP contribution is 2.25. The summed E-state index contributed by atoms with van der Waals surface area (Å²) in [5, 5.41) is 21.4. The fourth-order valence-electron chi connectivity index (χ4n) is 1.55. The molecule has 0 spiro atoms. The predicted molar refractivity (Wildman–Crippen MR) is 75.7 cm³/mol. The maximum atomic E-state index is 12.2. The zero-order valence-corrected chi connectivity index (χ0v) is 12.4. The van der Waals surface area contributed by atoms with Gasteiger partial charge in [0.1, 0.15) is 0 Å². The number of halogens is 1. The Labute approximate surface area is 122 Å². The summed E-state index contributed by atoms with van der Waals surface area (Å²) in [6.45, 7) is 4.19. The number of hydrogen-bond acceptors (Lipinski definition) is 3. The molecule has 1 aromatic rings. The van der Waals surface area contributed by atoms with Gasteiger partial charge < -0.3 is 15.5 Å². The molecular formula is C14H18ClNO4. The maximum absolute atomic E-state index is 12.2. The molecule has 1 unspecified atom stereocenters. The molecule has 3 N–H and O–H groups in total. The first kappa shape index (κ1) is 16.5. The highest BCUT2D eigenvalue weighted by molar-refractivity contribution is 6.30. The van der Waals surface area contributed by atoms with Crippen LogP contribution >= 0.6 is 11.6 Å². The topological polar surface area (TPSA) is 86.6 Å². The van der Waals surface area contributed by atoms with Crippen molar-refractivity contribution < 1.29 is 19.8 Å². The van der Waals surface area contributed by atoms with Gasteiger partial charge in [0.2, 0.25) is 5.91 Å². The van der Waals surface area contributed by atoms with Crippen LogP contribution in [0.3, 0.4) is 0 Å². The van der Waals surface area contributed by atoms with E-state index >= 15 is 0 Å². The van der Waals surface area contributed by atoms with Crippen LogP contribution in [0.1, 0.15) is 26.3 Å². The lowest BCUT2D eigenvalue weighted by atomic mass is 9.83. The molecule has 20 heavy (non-hydrogen) atoms. The van der Waals surface area contributed by atoms with E-state index in [1.807, 2.05) is 0 Å². The lowest BCUT2D eigenvalue weighted by molar-refractivity contribution is -0.156. The standard InChI is InChI=1S/C14H18ClNO4/c1-13(2,9-4-6-10(15)7-5-9)11(17)16-8-14(3,20)12(18)19/h4-7,20H,8H2,1-3H3,(H,16,17)(H,18,19). The number of carboxylic acid groups (broad SMARTS) is 1. The van der Waals surface area contributed by atoms with Gasteiger partial charge in [-0.1, -0.05) is 23.7 Å².